The van der Waals surface area contributed by atoms with Crippen molar-refractivity contribution in [2.45, 2.75) is 43.9 Å². The lowest BCUT2D eigenvalue weighted by Crippen LogP contribution is -2.50. The van der Waals surface area contributed by atoms with Crippen LogP contribution < -0.4 is 4.74 Å². The second kappa shape index (κ2) is 6.34. The third-order valence-corrected chi connectivity index (χ3v) is 4.82. The first-order valence-corrected chi connectivity index (χ1v) is 7.87. The van der Waals surface area contributed by atoms with Gasteiger partial charge in [-0.3, -0.25) is 4.90 Å². The van der Waals surface area contributed by atoms with Gasteiger partial charge in [-0.2, -0.15) is 0 Å². The standard InChI is InChI=1S/C17H25NO3/c1-20-16-5-3-2-4-14(16)13-18-9-7-17(8-10-18)12-15(19)6-11-21-17/h2-5,15,19H,6-13H2,1H3. The third kappa shape index (κ3) is 3.39. The maximum atomic E-state index is 9.89. The molecule has 0 aromatic heterocycles. The fourth-order valence-electron chi connectivity index (χ4n) is 3.54. The van der Waals surface area contributed by atoms with Gasteiger partial charge < -0.3 is 14.6 Å². The summed E-state index contributed by atoms with van der Waals surface area (Å²) < 4.78 is 11.4. The first kappa shape index (κ1) is 14.8. The molecule has 1 N–H and O–H groups in total. The van der Waals surface area contributed by atoms with Gasteiger partial charge in [0.2, 0.25) is 0 Å². The highest BCUT2D eigenvalue weighted by molar-refractivity contribution is 5.33. The van der Waals surface area contributed by atoms with Gasteiger partial charge in [0.1, 0.15) is 5.75 Å². The summed E-state index contributed by atoms with van der Waals surface area (Å²) in [4.78, 5) is 2.45. The summed E-state index contributed by atoms with van der Waals surface area (Å²) in [6.07, 6.45) is 3.43. The van der Waals surface area contributed by atoms with E-state index in [4.69, 9.17) is 9.47 Å². The van der Waals surface area contributed by atoms with E-state index >= 15 is 0 Å². The van der Waals surface area contributed by atoms with Gasteiger partial charge in [-0.15, -0.1) is 0 Å². The molecule has 0 amide bonds. The molecule has 3 rings (SSSR count). The predicted molar refractivity (Wildman–Crippen MR) is 81.4 cm³/mol. The molecule has 1 aromatic rings. The topological polar surface area (TPSA) is 41.9 Å². The lowest BCUT2D eigenvalue weighted by atomic mass is 9.83. The van der Waals surface area contributed by atoms with Gasteiger partial charge in [0, 0.05) is 38.2 Å². The molecule has 1 aromatic carbocycles. The molecule has 2 heterocycles. The van der Waals surface area contributed by atoms with Crippen LogP contribution in [0.15, 0.2) is 24.3 Å². The number of likely N-dealkylation sites (tertiary alicyclic amines) is 1. The summed E-state index contributed by atoms with van der Waals surface area (Å²) in [5.41, 5.74) is 1.16. The van der Waals surface area contributed by atoms with Crippen LogP contribution in [0, 0.1) is 0 Å². The zero-order valence-corrected chi connectivity index (χ0v) is 12.8. The molecule has 21 heavy (non-hydrogen) atoms. The summed E-state index contributed by atoms with van der Waals surface area (Å²) in [7, 11) is 1.72. The van der Waals surface area contributed by atoms with Gasteiger partial charge in [0.15, 0.2) is 0 Å². The zero-order valence-electron chi connectivity index (χ0n) is 12.8. The Hall–Kier alpha value is -1.10. The van der Waals surface area contributed by atoms with Gasteiger partial charge in [-0.25, -0.2) is 0 Å². The number of piperidine rings is 1. The number of ether oxygens (including phenoxy) is 2. The number of hydrogen-bond acceptors (Lipinski definition) is 4. The number of para-hydroxylation sites is 1. The Labute approximate surface area is 126 Å². The molecular weight excluding hydrogens is 266 g/mol. The van der Waals surface area contributed by atoms with Crippen LogP contribution in [0.3, 0.4) is 0 Å². The van der Waals surface area contributed by atoms with E-state index < -0.39 is 0 Å². The van der Waals surface area contributed by atoms with Crippen molar-refractivity contribution >= 4 is 0 Å². The Morgan fingerprint density at radius 2 is 2.10 bits per heavy atom. The minimum absolute atomic E-state index is 0.0745. The van der Waals surface area contributed by atoms with Crippen LogP contribution >= 0.6 is 0 Å². The number of hydrogen-bond donors (Lipinski definition) is 1. The Kier molecular flexibility index (Phi) is 4.48. The first-order valence-electron chi connectivity index (χ1n) is 7.87. The molecule has 4 heteroatoms. The normalized spacial score (nSPS) is 25.9. The van der Waals surface area contributed by atoms with Crippen molar-refractivity contribution in [3.05, 3.63) is 29.8 Å². The highest BCUT2D eigenvalue weighted by Gasteiger charge is 2.39. The summed E-state index contributed by atoms with van der Waals surface area (Å²) in [5.74, 6) is 0.960. The van der Waals surface area contributed by atoms with Gasteiger partial charge in [-0.05, 0) is 25.3 Å². The van der Waals surface area contributed by atoms with Gasteiger partial charge in [-0.1, -0.05) is 18.2 Å². The maximum absolute atomic E-state index is 9.89. The van der Waals surface area contributed by atoms with Crippen LogP contribution in [-0.4, -0.2) is 48.5 Å². The number of aliphatic hydroxyl groups is 1. The number of rotatable bonds is 3. The molecule has 2 saturated heterocycles. The fraction of sp³-hybridized carbons (Fsp3) is 0.647. The second-order valence-electron chi connectivity index (χ2n) is 6.27. The number of benzene rings is 1. The minimum Gasteiger partial charge on any atom is -0.496 e. The molecule has 1 unspecified atom stereocenters. The van der Waals surface area contributed by atoms with Crippen molar-refractivity contribution in [2.24, 2.45) is 0 Å². The highest BCUT2D eigenvalue weighted by Crippen LogP contribution is 2.35. The quantitative estimate of drug-likeness (QED) is 0.927. The van der Waals surface area contributed by atoms with Crippen LogP contribution in [0.2, 0.25) is 0 Å². The van der Waals surface area contributed by atoms with E-state index in [0.29, 0.717) is 6.61 Å². The van der Waals surface area contributed by atoms with Crippen LogP contribution in [-0.2, 0) is 11.3 Å². The molecular formula is C17H25NO3. The Balaban J connectivity index is 1.58. The zero-order chi connectivity index (χ0) is 14.7. The van der Waals surface area contributed by atoms with Crippen molar-refractivity contribution < 1.29 is 14.6 Å². The van der Waals surface area contributed by atoms with E-state index in [1.54, 1.807) is 7.11 Å². The van der Waals surface area contributed by atoms with Crippen molar-refractivity contribution in [3.8, 4) is 5.75 Å². The van der Waals surface area contributed by atoms with Crippen LogP contribution in [0.25, 0.3) is 0 Å². The van der Waals surface area contributed by atoms with Crippen molar-refractivity contribution in [1.29, 1.82) is 0 Å². The molecule has 2 aliphatic heterocycles. The van der Waals surface area contributed by atoms with E-state index in [-0.39, 0.29) is 11.7 Å². The van der Waals surface area contributed by atoms with E-state index in [1.165, 1.54) is 5.56 Å². The van der Waals surface area contributed by atoms with Crippen LogP contribution in [0.5, 0.6) is 5.75 Å². The monoisotopic (exact) mass is 291 g/mol. The minimum atomic E-state index is -0.181. The molecule has 2 aliphatic rings. The van der Waals surface area contributed by atoms with Gasteiger partial charge >= 0.3 is 0 Å². The predicted octanol–water partition coefficient (Wildman–Crippen LogP) is 2.20. The fourth-order valence-corrected chi connectivity index (χ4v) is 3.54. The largest absolute Gasteiger partial charge is 0.496 e. The van der Waals surface area contributed by atoms with E-state index in [9.17, 15) is 5.11 Å². The number of methoxy groups -OCH3 is 1. The highest BCUT2D eigenvalue weighted by atomic mass is 16.5. The van der Waals surface area contributed by atoms with E-state index in [2.05, 4.69) is 17.0 Å². The summed E-state index contributed by atoms with van der Waals surface area (Å²) >= 11 is 0. The Bertz CT molecular complexity index is 469. The molecule has 1 atom stereocenters. The summed E-state index contributed by atoms with van der Waals surface area (Å²) in [6, 6.07) is 8.21. The molecule has 0 bridgehead atoms. The van der Waals surface area contributed by atoms with E-state index in [1.807, 2.05) is 12.1 Å². The van der Waals surface area contributed by atoms with Crippen LogP contribution in [0.1, 0.15) is 31.2 Å². The van der Waals surface area contributed by atoms with Crippen molar-refractivity contribution in [1.82, 2.24) is 4.90 Å². The Morgan fingerprint density at radius 1 is 1.33 bits per heavy atom. The van der Waals surface area contributed by atoms with Gasteiger partial charge in [0.05, 0.1) is 18.8 Å². The second-order valence-corrected chi connectivity index (χ2v) is 6.27. The molecule has 0 radical (unpaired) electrons. The Morgan fingerprint density at radius 3 is 2.81 bits per heavy atom. The maximum Gasteiger partial charge on any atom is 0.123 e. The lowest BCUT2D eigenvalue weighted by molar-refractivity contribution is -0.143. The van der Waals surface area contributed by atoms with Gasteiger partial charge in [0.25, 0.3) is 0 Å². The smallest absolute Gasteiger partial charge is 0.123 e. The molecule has 4 nitrogen and oxygen atoms in total. The lowest BCUT2D eigenvalue weighted by Gasteiger charge is -2.45. The molecule has 116 valence electrons. The molecule has 2 fully saturated rings. The average molecular weight is 291 g/mol. The first-order chi connectivity index (χ1) is 10.2. The van der Waals surface area contributed by atoms with Crippen LogP contribution in [0.4, 0.5) is 0 Å². The van der Waals surface area contributed by atoms with E-state index in [0.717, 1.165) is 51.1 Å². The van der Waals surface area contributed by atoms with Crippen molar-refractivity contribution in [2.75, 3.05) is 26.8 Å². The summed E-state index contributed by atoms with van der Waals surface area (Å²) in [6.45, 7) is 3.66. The van der Waals surface area contributed by atoms with Crippen molar-refractivity contribution in [3.63, 3.8) is 0 Å². The molecule has 0 aliphatic carbocycles. The SMILES string of the molecule is COc1ccccc1CN1CCC2(CC1)CC(O)CCO2. The molecule has 1 spiro atoms. The third-order valence-electron chi connectivity index (χ3n) is 4.82. The number of aliphatic hydroxyl groups excluding tert-OH is 1. The number of nitrogens with zero attached hydrogens (tertiary/aromatic N) is 1. The average Bonchev–Trinajstić information content (AvgIpc) is 2.50. The summed E-state index contributed by atoms with van der Waals surface area (Å²) in [5, 5.41) is 9.89. The molecule has 0 saturated carbocycles.